The van der Waals surface area contributed by atoms with Crippen LogP contribution in [0.3, 0.4) is 0 Å². The Balaban J connectivity index is 2.93. The molecule has 0 radical (unpaired) electrons. The molecule has 10 heteroatoms. The minimum Gasteiger partial charge on any atom is -0.490 e. The largest absolute Gasteiger partial charge is 0.490 e. The quantitative estimate of drug-likeness (QED) is 0.918. The molecule has 0 aliphatic carbocycles. The number of nitrogens with two attached hydrogens (primary N) is 1. The van der Waals surface area contributed by atoms with Crippen molar-refractivity contribution in [3.8, 4) is 5.75 Å². The predicted octanol–water partition coefficient (Wildman–Crippen LogP) is 2.97. The van der Waals surface area contributed by atoms with E-state index in [2.05, 4.69) is 0 Å². The molecule has 2 N–H and O–H groups in total. The van der Waals surface area contributed by atoms with Crippen molar-refractivity contribution in [1.29, 1.82) is 0 Å². The summed E-state index contributed by atoms with van der Waals surface area (Å²) in [6, 6.07) is 1.90. The first-order chi connectivity index (χ1) is 8.50. The Labute approximate surface area is 117 Å². The third-order valence-corrected chi connectivity index (χ3v) is 3.39. The van der Waals surface area contributed by atoms with E-state index in [1.54, 1.807) is 0 Å². The standard InChI is InChI=1S/C9H8Cl2F3NO3S/c10-6-3-5(19(15,16)17)4-7(11)8(6)18-2-1-9(12,13)14/h3-4H,1-2H2,(H2,15,16,17). The summed E-state index contributed by atoms with van der Waals surface area (Å²) in [5, 5.41) is 4.39. The Morgan fingerprint density at radius 1 is 1.21 bits per heavy atom. The van der Waals surface area contributed by atoms with Crippen molar-refractivity contribution >= 4 is 33.2 Å². The Morgan fingerprint density at radius 3 is 2.05 bits per heavy atom. The van der Waals surface area contributed by atoms with Crippen LogP contribution < -0.4 is 9.88 Å². The summed E-state index contributed by atoms with van der Waals surface area (Å²) in [5.41, 5.74) is 0. The van der Waals surface area contributed by atoms with Crippen LogP contribution in [0, 0.1) is 0 Å². The van der Waals surface area contributed by atoms with Crippen LogP contribution in [0.4, 0.5) is 13.2 Å². The highest BCUT2D eigenvalue weighted by atomic mass is 35.5. The highest BCUT2D eigenvalue weighted by molar-refractivity contribution is 7.89. The maximum atomic E-state index is 11.9. The molecule has 0 bridgehead atoms. The molecule has 4 nitrogen and oxygen atoms in total. The Kier molecular flexibility index (Phi) is 4.94. The van der Waals surface area contributed by atoms with Gasteiger partial charge in [-0.2, -0.15) is 13.2 Å². The lowest BCUT2D eigenvalue weighted by Gasteiger charge is -2.12. The van der Waals surface area contributed by atoms with Gasteiger partial charge in [0, 0.05) is 0 Å². The average Bonchev–Trinajstić information content (AvgIpc) is 2.18. The van der Waals surface area contributed by atoms with Crippen LogP contribution in [0.25, 0.3) is 0 Å². The van der Waals surface area contributed by atoms with Crippen molar-refractivity contribution in [2.75, 3.05) is 6.61 Å². The summed E-state index contributed by atoms with van der Waals surface area (Å²) in [4.78, 5) is -0.356. The molecule has 0 aliphatic heterocycles. The normalized spacial score (nSPS) is 12.5. The number of benzene rings is 1. The lowest BCUT2D eigenvalue weighted by atomic mass is 10.3. The lowest BCUT2D eigenvalue weighted by molar-refractivity contribution is -0.139. The maximum absolute atomic E-state index is 11.9. The zero-order chi connectivity index (χ0) is 14.8. The van der Waals surface area contributed by atoms with Gasteiger partial charge < -0.3 is 4.74 Å². The van der Waals surface area contributed by atoms with Crippen LogP contribution in [-0.2, 0) is 10.0 Å². The van der Waals surface area contributed by atoms with Crippen molar-refractivity contribution < 1.29 is 26.3 Å². The summed E-state index contributed by atoms with van der Waals surface area (Å²) in [5.74, 6) is -0.222. The van der Waals surface area contributed by atoms with E-state index in [-0.39, 0.29) is 20.7 Å². The van der Waals surface area contributed by atoms with E-state index >= 15 is 0 Å². The number of ether oxygens (including phenoxy) is 1. The fourth-order valence-corrected chi connectivity index (χ4v) is 2.40. The number of rotatable bonds is 4. The van der Waals surface area contributed by atoms with Gasteiger partial charge in [-0.15, -0.1) is 0 Å². The SMILES string of the molecule is NS(=O)(=O)c1cc(Cl)c(OCCC(F)(F)F)c(Cl)c1. The Hall–Kier alpha value is -0.700. The third-order valence-electron chi connectivity index (χ3n) is 1.93. The first kappa shape index (κ1) is 16.4. The zero-order valence-corrected chi connectivity index (χ0v) is 11.5. The molecule has 0 amide bonds. The van der Waals surface area contributed by atoms with Crippen molar-refractivity contribution in [2.24, 2.45) is 5.14 Å². The van der Waals surface area contributed by atoms with E-state index in [1.165, 1.54) is 0 Å². The minimum atomic E-state index is -4.38. The second-order valence-electron chi connectivity index (χ2n) is 3.47. The second kappa shape index (κ2) is 5.74. The maximum Gasteiger partial charge on any atom is 0.392 e. The van der Waals surface area contributed by atoms with Gasteiger partial charge in [0.15, 0.2) is 5.75 Å². The van der Waals surface area contributed by atoms with Gasteiger partial charge in [-0.1, -0.05) is 23.2 Å². The number of primary sulfonamides is 1. The number of hydrogen-bond donors (Lipinski definition) is 1. The fourth-order valence-electron chi connectivity index (χ4n) is 1.11. The van der Waals surface area contributed by atoms with E-state index < -0.39 is 29.2 Å². The lowest BCUT2D eigenvalue weighted by Crippen LogP contribution is -2.14. The van der Waals surface area contributed by atoms with E-state index in [1.807, 2.05) is 0 Å². The van der Waals surface area contributed by atoms with Crippen LogP contribution in [0.5, 0.6) is 5.75 Å². The molecule has 1 aromatic rings. The van der Waals surface area contributed by atoms with Gasteiger partial charge >= 0.3 is 6.18 Å². The van der Waals surface area contributed by atoms with Crippen molar-refractivity contribution in [1.82, 2.24) is 0 Å². The van der Waals surface area contributed by atoms with Gasteiger partial charge in [0.25, 0.3) is 0 Å². The molecule has 0 heterocycles. The molecule has 0 aliphatic rings. The minimum absolute atomic E-state index is 0.222. The van der Waals surface area contributed by atoms with E-state index in [4.69, 9.17) is 33.1 Å². The van der Waals surface area contributed by atoms with Gasteiger partial charge in [-0.05, 0) is 12.1 Å². The number of sulfonamides is 1. The topological polar surface area (TPSA) is 69.4 Å². The van der Waals surface area contributed by atoms with E-state index in [0.717, 1.165) is 12.1 Å². The van der Waals surface area contributed by atoms with Crippen LogP contribution in [0.2, 0.25) is 10.0 Å². The molecule has 0 saturated heterocycles. The van der Waals surface area contributed by atoms with Crippen molar-refractivity contribution in [3.63, 3.8) is 0 Å². The monoisotopic (exact) mass is 337 g/mol. The molecule has 0 unspecified atom stereocenters. The number of halogens is 5. The third kappa shape index (κ3) is 5.06. The molecular weight excluding hydrogens is 330 g/mol. The van der Waals surface area contributed by atoms with E-state index in [0.29, 0.717) is 0 Å². The van der Waals surface area contributed by atoms with Gasteiger partial charge in [0.2, 0.25) is 10.0 Å². The van der Waals surface area contributed by atoms with Crippen molar-refractivity contribution in [3.05, 3.63) is 22.2 Å². The van der Waals surface area contributed by atoms with Gasteiger partial charge in [0.1, 0.15) is 0 Å². The Bertz CT molecular complexity index is 552. The molecular formula is C9H8Cl2F3NO3S. The molecule has 19 heavy (non-hydrogen) atoms. The summed E-state index contributed by atoms with van der Waals surface area (Å²) in [6.45, 7) is -0.683. The molecule has 108 valence electrons. The summed E-state index contributed by atoms with van der Waals surface area (Å²) in [7, 11) is -4.01. The van der Waals surface area contributed by atoms with Gasteiger partial charge in [0.05, 0.1) is 28.0 Å². The molecule has 0 atom stereocenters. The second-order valence-corrected chi connectivity index (χ2v) is 5.85. The highest BCUT2D eigenvalue weighted by Gasteiger charge is 2.27. The van der Waals surface area contributed by atoms with Crippen LogP contribution in [0.1, 0.15) is 6.42 Å². The smallest absolute Gasteiger partial charge is 0.392 e. The molecule has 0 fully saturated rings. The van der Waals surface area contributed by atoms with Gasteiger partial charge in [-0.3, -0.25) is 0 Å². The first-order valence-corrected chi connectivity index (χ1v) is 7.02. The summed E-state index contributed by atoms with van der Waals surface area (Å²) in [6.07, 6.45) is -5.56. The van der Waals surface area contributed by atoms with Crippen LogP contribution in [0.15, 0.2) is 17.0 Å². The molecule has 0 aromatic heterocycles. The van der Waals surface area contributed by atoms with Crippen LogP contribution >= 0.6 is 23.2 Å². The predicted molar refractivity (Wildman–Crippen MR) is 64.0 cm³/mol. The fraction of sp³-hybridized carbons (Fsp3) is 0.333. The molecule has 0 spiro atoms. The van der Waals surface area contributed by atoms with E-state index in [9.17, 15) is 21.6 Å². The summed E-state index contributed by atoms with van der Waals surface area (Å²) >= 11 is 11.4. The molecule has 1 aromatic carbocycles. The highest BCUT2D eigenvalue weighted by Crippen LogP contribution is 2.35. The van der Waals surface area contributed by atoms with Crippen molar-refractivity contribution in [2.45, 2.75) is 17.5 Å². The van der Waals surface area contributed by atoms with Crippen LogP contribution in [-0.4, -0.2) is 21.2 Å². The average molecular weight is 338 g/mol. The summed E-state index contributed by atoms with van der Waals surface area (Å²) < 4.78 is 62.7. The first-order valence-electron chi connectivity index (χ1n) is 4.72. The number of hydrogen-bond acceptors (Lipinski definition) is 3. The zero-order valence-electron chi connectivity index (χ0n) is 9.17. The van der Waals surface area contributed by atoms with Gasteiger partial charge in [-0.25, -0.2) is 13.6 Å². The Morgan fingerprint density at radius 2 is 1.68 bits per heavy atom. The number of alkyl halides is 3. The molecule has 0 saturated carbocycles. The molecule has 1 rings (SSSR count).